The van der Waals surface area contributed by atoms with Gasteiger partial charge in [-0.05, 0) is 50.3 Å². The molecule has 1 unspecified atom stereocenters. The van der Waals surface area contributed by atoms with Crippen LogP contribution in [0.15, 0.2) is 34.2 Å². The SMILES string of the molecule is Cc1ccc(OCC(O)CSc2nc3sc4c(c3c(=O)n2C)CCCC4)cc1. The first-order chi connectivity index (χ1) is 13.5. The summed E-state index contributed by atoms with van der Waals surface area (Å²) in [5, 5.41) is 11.7. The Morgan fingerprint density at radius 1 is 1.29 bits per heavy atom. The van der Waals surface area contributed by atoms with Gasteiger partial charge >= 0.3 is 0 Å². The molecule has 0 saturated heterocycles. The molecule has 1 N–H and O–H groups in total. The third-order valence-corrected chi connectivity index (χ3v) is 7.38. The maximum Gasteiger partial charge on any atom is 0.262 e. The highest BCUT2D eigenvalue weighted by molar-refractivity contribution is 7.99. The zero-order valence-electron chi connectivity index (χ0n) is 16.1. The number of fused-ring (bicyclic) bond motifs is 3. The van der Waals surface area contributed by atoms with E-state index in [-0.39, 0.29) is 12.2 Å². The van der Waals surface area contributed by atoms with E-state index < -0.39 is 6.10 Å². The summed E-state index contributed by atoms with van der Waals surface area (Å²) in [6, 6.07) is 7.75. The van der Waals surface area contributed by atoms with Gasteiger partial charge in [0.15, 0.2) is 5.16 Å². The number of aliphatic hydroxyl groups is 1. The van der Waals surface area contributed by atoms with Gasteiger partial charge in [0.1, 0.15) is 17.2 Å². The fourth-order valence-electron chi connectivity index (χ4n) is 3.44. The van der Waals surface area contributed by atoms with Crippen LogP contribution < -0.4 is 10.3 Å². The topological polar surface area (TPSA) is 64.3 Å². The van der Waals surface area contributed by atoms with Crippen molar-refractivity contribution in [2.24, 2.45) is 7.05 Å². The van der Waals surface area contributed by atoms with Crippen LogP contribution in [0, 0.1) is 6.92 Å². The predicted octanol–water partition coefficient (Wildman–Crippen LogP) is 3.71. The van der Waals surface area contributed by atoms with Crippen molar-refractivity contribution in [3.05, 3.63) is 50.6 Å². The number of thiophene rings is 1. The molecule has 0 saturated carbocycles. The van der Waals surface area contributed by atoms with Crippen molar-refractivity contribution in [1.82, 2.24) is 9.55 Å². The minimum absolute atomic E-state index is 0.0253. The average Bonchev–Trinajstić information content (AvgIpc) is 3.07. The lowest BCUT2D eigenvalue weighted by Gasteiger charge is -2.13. The number of hydrogen-bond acceptors (Lipinski definition) is 6. The third kappa shape index (κ3) is 3.97. The van der Waals surface area contributed by atoms with E-state index in [1.54, 1.807) is 23.0 Å². The van der Waals surface area contributed by atoms with Crippen molar-refractivity contribution >= 4 is 33.3 Å². The second kappa shape index (κ2) is 8.27. The Hall–Kier alpha value is -1.83. The molecule has 2 heterocycles. The number of benzene rings is 1. The van der Waals surface area contributed by atoms with E-state index in [9.17, 15) is 9.90 Å². The number of thioether (sulfide) groups is 1. The van der Waals surface area contributed by atoms with Gasteiger partial charge in [-0.15, -0.1) is 11.3 Å². The molecule has 28 heavy (non-hydrogen) atoms. The quantitative estimate of drug-likeness (QED) is 0.490. The number of ether oxygens (including phenoxy) is 1. The van der Waals surface area contributed by atoms with Gasteiger partial charge in [0, 0.05) is 17.7 Å². The lowest BCUT2D eigenvalue weighted by molar-refractivity contribution is 0.126. The molecule has 1 aliphatic carbocycles. The van der Waals surface area contributed by atoms with Crippen LogP contribution >= 0.6 is 23.1 Å². The average molecular weight is 417 g/mol. The summed E-state index contributed by atoms with van der Waals surface area (Å²) in [6.07, 6.45) is 3.72. The lowest BCUT2D eigenvalue weighted by atomic mass is 9.97. The van der Waals surface area contributed by atoms with Crippen LogP contribution in [0.4, 0.5) is 0 Å². The molecule has 7 heteroatoms. The van der Waals surface area contributed by atoms with E-state index in [1.807, 2.05) is 31.2 Å². The Morgan fingerprint density at radius 3 is 2.82 bits per heavy atom. The molecular formula is C21H24N2O3S2. The zero-order chi connectivity index (χ0) is 19.7. The van der Waals surface area contributed by atoms with Gasteiger partial charge in [0.25, 0.3) is 5.56 Å². The molecule has 0 spiro atoms. The molecule has 1 aliphatic rings. The van der Waals surface area contributed by atoms with Gasteiger partial charge < -0.3 is 9.84 Å². The Balaban J connectivity index is 1.45. The summed E-state index contributed by atoms with van der Waals surface area (Å²) in [4.78, 5) is 19.8. The van der Waals surface area contributed by atoms with Crippen molar-refractivity contribution < 1.29 is 9.84 Å². The van der Waals surface area contributed by atoms with Crippen LogP contribution in [0.25, 0.3) is 10.2 Å². The van der Waals surface area contributed by atoms with Crippen LogP contribution in [0.1, 0.15) is 28.8 Å². The maximum atomic E-state index is 12.9. The lowest BCUT2D eigenvalue weighted by Crippen LogP contribution is -2.23. The molecule has 0 amide bonds. The molecule has 2 aromatic heterocycles. The first-order valence-corrected chi connectivity index (χ1v) is 11.3. The normalized spacial score (nSPS) is 14.8. The molecule has 4 rings (SSSR count). The van der Waals surface area contributed by atoms with Crippen molar-refractivity contribution in [2.75, 3.05) is 12.4 Å². The molecule has 0 aliphatic heterocycles. The summed E-state index contributed by atoms with van der Waals surface area (Å²) in [7, 11) is 1.76. The van der Waals surface area contributed by atoms with Crippen molar-refractivity contribution in [3.8, 4) is 5.75 Å². The third-order valence-electron chi connectivity index (χ3n) is 5.02. The fourth-order valence-corrected chi connectivity index (χ4v) is 5.62. The molecule has 5 nitrogen and oxygen atoms in total. The maximum absolute atomic E-state index is 12.9. The Bertz CT molecular complexity index is 1040. The minimum atomic E-state index is -0.643. The number of nitrogens with zero attached hydrogens (tertiary/aromatic N) is 2. The highest BCUT2D eigenvalue weighted by Gasteiger charge is 2.21. The predicted molar refractivity (Wildman–Crippen MR) is 115 cm³/mol. The van der Waals surface area contributed by atoms with Crippen molar-refractivity contribution in [3.63, 3.8) is 0 Å². The Kier molecular flexibility index (Phi) is 5.75. The highest BCUT2D eigenvalue weighted by Crippen LogP contribution is 2.34. The van der Waals surface area contributed by atoms with Crippen LogP contribution in [-0.2, 0) is 19.9 Å². The summed E-state index contributed by atoms with van der Waals surface area (Å²) >= 11 is 3.05. The molecule has 0 bridgehead atoms. The summed E-state index contributed by atoms with van der Waals surface area (Å²) in [5.41, 5.74) is 2.40. The van der Waals surface area contributed by atoms with Crippen LogP contribution in [-0.4, -0.2) is 33.1 Å². The molecule has 0 radical (unpaired) electrons. The number of hydrogen-bond donors (Lipinski definition) is 1. The molecule has 1 atom stereocenters. The van der Waals surface area contributed by atoms with Crippen molar-refractivity contribution in [1.29, 1.82) is 0 Å². The van der Waals surface area contributed by atoms with E-state index in [2.05, 4.69) is 0 Å². The molecular weight excluding hydrogens is 392 g/mol. The minimum Gasteiger partial charge on any atom is -0.491 e. The Labute approximate surface area is 172 Å². The fraction of sp³-hybridized carbons (Fsp3) is 0.429. The molecule has 0 fully saturated rings. The Morgan fingerprint density at radius 2 is 2.04 bits per heavy atom. The number of aliphatic hydroxyl groups excluding tert-OH is 1. The van der Waals surface area contributed by atoms with Gasteiger partial charge in [-0.25, -0.2) is 4.98 Å². The second-order valence-corrected chi connectivity index (χ2v) is 9.31. The second-order valence-electron chi connectivity index (χ2n) is 7.24. The summed E-state index contributed by atoms with van der Waals surface area (Å²) < 4.78 is 7.25. The van der Waals surface area contributed by atoms with Crippen LogP contribution in [0.5, 0.6) is 5.75 Å². The van der Waals surface area contributed by atoms with E-state index in [0.717, 1.165) is 35.2 Å². The van der Waals surface area contributed by atoms with Gasteiger partial charge in [-0.3, -0.25) is 9.36 Å². The van der Waals surface area contributed by atoms with E-state index in [4.69, 9.17) is 9.72 Å². The van der Waals surface area contributed by atoms with Crippen molar-refractivity contribution in [2.45, 2.75) is 43.9 Å². The highest BCUT2D eigenvalue weighted by atomic mass is 32.2. The van der Waals surface area contributed by atoms with E-state index in [0.29, 0.717) is 10.9 Å². The zero-order valence-corrected chi connectivity index (χ0v) is 17.7. The van der Waals surface area contributed by atoms with Gasteiger partial charge in [0.05, 0.1) is 11.5 Å². The molecule has 3 aromatic rings. The smallest absolute Gasteiger partial charge is 0.262 e. The van der Waals surface area contributed by atoms with Crippen LogP contribution in [0.2, 0.25) is 0 Å². The van der Waals surface area contributed by atoms with Crippen LogP contribution in [0.3, 0.4) is 0 Å². The van der Waals surface area contributed by atoms with Gasteiger partial charge in [0.2, 0.25) is 0 Å². The summed E-state index contributed by atoms with van der Waals surface area (Å²) in [6.45, 7) is 2.23. The standard InChI is InChI=1S/C21H24N2O3S2/c1-13-7-9-15(10-8-13)26-11-14(24)12-27-21-22-19-18(20(25)23(21)2)16-5-3-4-6-17(16)28-19/h7-10,14,24H,3-6,11-12H2,1-2H3. The van der Waals surface area contributed by atoms with E-state index in [1.165, 1.54) is 34.2 Å². The van der Waals surface area contributed by atoms with E-state index >= 15 is 0 Å². The first-order valence-electron chi connectivity index (χ1n) is 9.54. The number of aryl methyl sites for hydroxylation is 3. The number of rotatable bonds is 6. The van der Waals surface area contributed by atoms with Gasteiger partial charge in [-0.1, -0.05) is 29.5 Å². The largest absolute Gasteiger partial charge is 0.491 e. The monoisotopic (exact) mass is 416 g/mol. The molecule has 148 valence electrons. The van der Waals surface area contributed by atoms with Gasteiger partial charge in [-0.2, -0.15) is 0 Å². The number of aromatic nitrogens is 2. The first kappa shape index (κ1) is 19.5. The molecule has 1 aromatic carbocycles. The summed E-state index contributed by atoms with van der Waals surface area (Å²) in [5.74, 6) is 1.16.